The predicted octanol–water partition coefficient (Wildman–Crippen LogP) is 3.69. The van der Waals surface area contributed by atoms with Crippen LogP contribution >= 0.6 is 11.3 Å². The van der Waals surface area contributed by atoms with Gasteiger partial charge in [0.15, 0.2) is 0 Å². The second-order valence-electron chi connectivity index (χ2n) is 6.07. The Morgan fingerprint density at radius 3 is 3.05 bits per heavy atom. The van der Waals surface area contributed by atoms with Crippen LogP contribution in [0, 0.1) is 5.92 Å². The first-order valence-electron chi connectivity index (χ1n) is 7.69. The molecule has 0 aromatic carbocycles. The molecule has 1 aliphatic heterocycles. The molecule has 1 aliphatic rings. The molecule has 1 aromatic heterocycles. The van der Waals surface area contributed by atoms with Crippen LogP contribution < -0.4 is 5.32 Å². The first kappa shape index (κ1) is 15.0. The van der Waals surface area contributed by atoms with Gasteiger partial charge >= 0.3 is 0 Å². The van der Waals surface area contributed by atoms with Crippen molar-refractivity contribution in [3.05, 3.63) is 21.9 Å². The smallest absolute Gasteiger partial charge is 0.0331 e. The molecule has 1 unspecified atom stereocenters. The van der Waals surface area contributed by atoms with Gasteiger partial charge < -0.3 is 5.32 Å². The molecule has 108 valence electrons. The van der Waals surface area contributed by atoms with E-state index < -0.39 is 0 Å². The lowest BCUT2D eigenvalue weighted by Crippen LogP contribution is -2.34. The molecule has 2 heterocycles. The molecular weight excluding hydrogens is 252 g/mol. The molecule has 2 rings (SSSR count). The van der Waals surface area contributed by atoms with Gasteiger partial charge in [0.2, 0.25) is 0 Å². The molecule has 0 aliphatic carbocycles. The maximum Gasteiger partial charge on any atom is 0.0331 e. The third kappa shape index (κ3) is 4.30. The minimum atomic E-state index is 0.624. The summed E-state index contributed by atoms with van der Waals surface area (Å²) in [4.78, 5) is 4.26. The van der Waals surface area contributed by atoms with Crippen molar-refractivity contribution in [1.82, 2.24) is 10.2 Å². The number of hydrogen-bond acceptors (Lipinski definition) is 3. The van der Waals surface area contributed by atoms with Crippen molar-refractivity contribution >= 4 is 11.3 Å². The summed E-state index contributed by atoms with van der Waals surface area (Å²) in [6.07, 6.45) is 3.87. The largest absolute Gasteiger partial charge is 0.316 e. The monoisotopic (exact) mass is 280 g/mol. The van der Waals surface area contributed by atoms with Gasteiger partial charge in [-0.3, -0.25) is 4.90 Å². The average molecular weight is 280 g/mol. The SMILES string of the molecule is CC(C)CNCCCCN1CCc2sccc2C1C. The Bertz CT molecular complexity index is 373. The Kier molecular flexibility index (Phi) is 5.86. The lowest BCUT2D eigenvalue weighted by molar-refractivity contribution is 0.196. The minimum absolute atomic E-state index is 0.624. The molecular formula is C16H28N2S. The lowest BCUT2D eigenvalue weighted by atomic mass is 10.0. The Labute approximate surface area is 122 Å². The van der Waals surface area contributed by atoms with Crippen LogP contribution in [-0.2, 0) is 6.42 Å². The van der Waals surface area contributed by atoms with Crippen LogP contribution in [0.25, 0.3) is 0 Å². The van der Waals surface area contributed by atoms with Crippen molar-refractivity contribution in [2.24, 2.45) is 5.92 Å². The highest BCUT2D eigenvalue weighted by molar-refractivity contribution is 7.10. The highest BCUT2D eigenvalue weighted by Crippen LogP contribution is 2.32. The van der Waals surface area contributed by atoms with E-state index in [4.69, 9.17) is 0 Å². The van der Waals surface area contributed by atoms with Crippen molar-refractivity contribution < 1.29 is 0 Å². The molecule has 1 aromatic rings. The molecule has 0 spiro atoms. The molecule has 1 N–H and O–H groups in total. The number of hydrogen-bond donors (Lipinski definition) is 1. The lowest BCUT2D eigenvalue weighted by Gasteiger charge is -2.33. The van der Waals surface area contributed by atoms with Gasteiger partial charge in [-0.2, -0.15) is 0 Å². The average Bonchev–Trinajstić information content (AvgIpc) is 2.84. The molecule has 3 heteroatoms. The molecule has 0 amide bonds. The standard InChI is InChI=1S/C16H28N2S/c1-13(2)12-17-8-4-5-9-18-10-6-16-15(14(18)3)7-11-19-16/h7,11,13-14,17H,4-6,8-10,12H2,1-3H3. The molecule has 0 bridgehead atoms. The van der Waals surface area contributed by atoms with E-state index in [1.54, 1.807) is 10.4 Å². The first-order valence-corrected chi connectivity index (χ1v) is 8.57. The maximum atomic E-state index is 3.53. The van der Waals surface area contributed by atoms with Gasteiger partial charge in [0.05, 0.1) is 0 Å². The van der Waals surface area contributed by atoms with Crippen molar-refractivity contribution in [3.63, 3.8) is 0 Å². The van der Waals surface area contributed by atoms with Gasteiger partial charge in [-0.15, -0.1) is 11.3 Å². The van der Waals surface area contributed by atoms with E-state index in [1.807, 2.05) is 11.3 Å². The maximum absolute atomic E-state index is 3.53. The number of nitrogens with one attached hydrogen (secondary N) is 1. The molecule has 19 heavy (non-hydrogen) atoms. The van der Waals surface area contributed by atoms with Gasteiger partial charge in [-0.25, -0.2) is 0 Å². The highest BCUT2D eigenvalue weighted by atomic mass is 32.1. The number of unbranched alkanes of at least 4 members (excludes halogenated alkanes) is 1. The number of fused-ring (bicyclic) bond motifs is 1. The normalized spacial score (nSPS) is 19.9. The molecule has 0 radical (unpaired) electrons. The van der Waals surface area contributed by atoms with Crippen molar-refractivity contribution in [2.75, 3.05) is 26.2 Å². The number of rotatable bonds is 7. The fourth-order valence-corrected chi connectivity index (χ4v) is 3.79. The van der Waals surface area contributed by atoms with Crippen LogP contribution in [0.4, 0.5) is 0 Å². The summed E-state index contributed by atoms with van der Waals surface area (Å²) in [5, 5.41) is 5.78. The van der Waals surface area contributed by atoms with Gasteiger partial charge in [0, 0.05) is 17.5 Å². The van der Waals surface area contributed by atoms with E-state index in [-0.39, 0.29) is 0 Å². The second kappa shape index (κ2) is 7.41. The van der Waals surface area contributed by atoms with Crippen LogP contribution in [0.15, 0.2) is 11.4 Å². The molecule has 0 fully saturated rings. The summed E-state index contributed by atoms with van der Waals surface area (Å²) >= 11 is 1.93. The highest BCUT2D eigenvalue weighted by Gasteiger charge is 2.23. The summed E-state index contributed by atoms with van der Waals surface area (Å²) < 4.78 is 0. The number of thiophene rings is 1. The third-order valence-electron chi connectivity index (χ3n) is 4.01. The van der Waals surface area contributed by atoms with Gasteiger partial charge in [0.1, 0.15) is 0 Å². The number of nitrogens with zero attached hydrogens (tertiary/aromatic N) is 1. The van der Waals surface area contributed by atoms with Crippen molar-refractivity contribution in [2.45, 2.75) is 46.1 Å². The van der Waals surface area contributed by atoms with Gasteiger partial charge in [0.25, 0.3) is 0 Å². The van der Waals surface area contributed by atoms with E-state index in [1.165, 1.54) is 38.9 Å². The van der Waals surface area contributed by atoms with E-state index in [0.717, 1.165) is 12.5 Å². The first-order chi connectivity index (χ1) is 9.18. The molecule has 1 atom stereocenters. The molecule has 0 saturated carbocycles. The summed E-state index contributed by atoms with van der Waals surface area (Å²) in [7, 11) is 0. The van der Waals surface area contributed by atoms with Crippen LogP contribution in [0.5, 0.6) is 0 Å². The van der Waals surface area contributed by atoms with E-state index in [9.17, 15) is 0 Å². The Morgan fingerprint density at radius 1 is 1.42 bits per heavy atom. The fourth-order valence-electron chi connectivity index (χ4n) is 2.82. The van der Waals surface area contributed by atoms with Gasteiger partial charge in [-0.1, -0.05) is 13.8 Å². The van der Waals surface area contributed by atoms with Crippen molar-refractivity contribution in [3.8, 4) is 0 Å². The topological polar surface area (TPSA) is 15.3 Å². The molecule has 2 nitrogen and oxygen atoms in total. The summed E-state index contributed by atoms with van der Waals surface area (Å²) in [6, 6.07) is 2.94. The van der Waals surface area contributed by atoms with Crippen LogP contribution in [0.2, 0.25) is 0 Å². The van der Waals surface area contributed by atoms with E-state index in [2.05, 4.69) is 42.4 Å². The fraction of sp³-hybridized carbons (Fsp3) is 0.750. The summed E-state index contributed by atoms with van der Waals surface area (Å²) in [5.74, 6) is 0.763. The van der Waals surface area contributed by atoms with Crippen LogP contribution in [0.1, 0.15) is 50.1 Å². The third-order valence-corrected chi connectivity index (χ3v) is 5.00. The van der Waals surface area contributed by atoms with E-state index >= 15 is 0 Å². The van der Waals surface area contributed by atoms with Gasteiger partial charge in [-0.05, 0) is 68.7 Å². The zero-order valence-electron chi connectivity index (χ0n) is 12.6. The quantitative estimate of drug-likeness (QED) is 0.766. The minimum Gasteiger partial charge on any atom is -0.316 e. The zero-order valence-corrected chi connectivity index (χ0v) is 13.4. The summed E-state index contributed by atoms with van der Waals surface area (Å²) in [6.45, 7) is 11.7. The van der Waals surface area contributed by atoms with Crippen LogP contribution in [0.3, 0.4) is 0 Å². The van der Waals surface area contributed by atoms with Crippen molar-refractivity contribution in [1.29, 1.82) is 0 Å². The van der Waals surface area contributed by atoms with Crippen LogP contribution in [-0.4, -0.2) is 31.1 Å². The Hall–Kier alpha value is -0.380. The Balaban J connectivity index is 1.65. The summed E-state index contributed by atoms with van der Waals surface area (Å²) in [5.41, 5.74) is 1.58. The zero-order chi connectivity index (χ0) is 13.7. The van der Waals surface area contributed by atoms with E-state index in [0.29, 0.717) is 6.04 Å². The molecule has 0 saturated heterocycles. The second-order valence-corrected chi connectivity index (χ2v) is 7.07. The predicted molar refractivity (Wildman–Crippen MR) is 85.0 cm³/mol. The Morgan fingerprint density at radius 2 is 2.26 bits per heavy atom.